The summed E-state index contributed by atoms with van der Waals surface area (Å²) >= 11 is 1.73. The molecule has 0 unspecified atom stereocenters. The number of hydrogen-bond donors (Lipinski definition) is 1. The highest BCUT2D eigenvalue weighted by Gasteiger charge is 2.01. The standard InChI is InChI=1S/C8H13NOS/c1-3-9-6-8-7(10-2)4-5-11-8/h4-5,9H,3,6H2,1-2H3. The summed E-state index contributed by atoms with van der Waals surface area (Å²) in [6, 6.07) is 2.00. The Balaban J connectivity index is 2.54. The maximum atomic E-state index is 5.15. The topological polar surface area (TPSA) is 21.3 Å². The Bertz CT molecular complexity index is 210. The molecule has 3 heteroatoms. The third-order valence-corrected chi connectivity index (χ3v) is 2.36. The van der Waals surface area contributed by atoms with Crippen molar-refractivity contribution in [2.45, 2.75) is 13.5 Å². The van der Waals surface area contributed by atoms with Gasteiger partial charge in [-0.05, 0) is 18.0 Å². The summed E-state index contributed by atoms with van der Waals surface area (Å²) in [5.41, 5.74) is 0. The second-order valence-electron chi connectivity index (χ2n) is 2.19. The van der Waals surface area contributed by atoms with Crippen molar-refractivity contribution in [2.24, 2.45) is 0 Å². The van der Waals surface area contributed by atoms with Crippen LogP contribution in [0.2, 0.25) is 0 Å². The molecular weight excluding hydrogens is 158 g/mol. The van der Waals surface area contributed by atoms with Crippen molar-refractivity contribution >= 4 is 11.3 Å². The zero-order chi connectivity index (χ0) is 8.10. The van der Waals surface area contributed by atoms with Gasteiger partial charge in [-0.3, -0.25) is 0 Å². The quantitative estimate of drug-likeness (QED) is 0.746. The van der Waals surface area contributed by atoms with Gasteiger partial charge in [0.25, 0.3) is 0 Å². The molecule has 1 heterocycles. The molecule has 0 aliphatic carbocycles. The SMILES string of the molecule is CCNCc1sccc1OC. The summed E-state index contributed by atoms with van der Waals surface area (Å²) in [6.07, 6.45) is 0. The third-order valence-electron chi connectivity index (χ3n) is 1.46. The number of ether oxygens (including phenoxy) is 1. The molecule has 1 rings (SSSR count). The van der Waals surface area contributed by atoms with Gasteiger partial charge in [-0.2, -0.15) is 0 Å². The number of thiophene rings is 1. The lowest BCUT2D eigenvalue weighted by molar-refractivity contribution is 0.411. The molecule has 0 amide bonds. The van der Waals surface area contributed by atoms with Crippen molar-refractivity contribution in [3.05, 3.63) is 16.3 Å². The van der Waals surface area contributed by atoms with Gasteiger partial charge < -0.3 is 10.1 Å². The van der Waals surface area contributed by atoms with E-state index >= 15 is 0 Å². The number of hydrogen-bond acceptors (Lipinski definition) is 3. The van der Waals surface area contributed by atoms with E-state index in [1.165, 1.54) is 4.88 Å². The minimum absolute atomic E-state index is 0.914. The van der Waals surface area contributed by atoms with E-state index in [1.807, 2.05) is 11.4 Å². The molecule has 62 valence electrons. The fourth-order valence-corrected chi connectivity index (χ4v) is 1.69. The monoisotopic (exact) mass is 171 g/mol. The molecule has 0 fully saturated rings. The minimum Gasteiger partial charge on any atom is -0.496 e. The average molecular weight is 171 g/mol. The van der Waals surface area contributed by atoms with Crippen molar-refractivity contribution in [2.75, 3.05) is 13.7 Å². The van der Waals surface area contributed by atoms with Gasteiger partial charge in [0.2, 0.25) is 0 Å². The normalized spacial score (nSPS) is 10.0. The lowest BCUT2D eigenvalue weighted by atomic mass is 10.4. The summed E-state index contributed by atoms with van der Waals surface area (Å²) in [7, 11) is 1.71. The van der Waals surface area contributed by atoms with Crippen LogP contribution in [-0.4, -0.2) is 13.7 Å². The first-order valence-electron chi connectivity index (χ1n) is 3.69. The second-order valence-corrected chi connectivity index (χ2v) is 3.19. The van der Waals surface area contributed by atoms with Crippen molar-refractivity contribution < 1.29 is 4.74 Å². The molecule has 0 aromatic carbocycles. The average Bonchev–Trinajstić information content (AvgIpc) is 2.47. The third kappa shape index (κ3) is 2.20. The van der Waals surface area contributed by atoms with Crippen molar-refractivity contribution in [3.63, 3.8) is 0 Å². The van der Waals surface area contributed by atoms with Crippen LogP contribution in [0, 0.1) is 0 Å². The molecule has 1 aromatic heterocycles. The number of rotatable bonds is 4. The maximum Gasteiger partial charge on any atom is 0.134 e. The molecule has 0 atom stereocenters. The highest BCUT2D eigenvalue weighted by Crippen LogP contribution is 2.23. The summed E-state index contributed by atoms with van der Waals surface area (Å²) < 4.78 is 5.15. The predicted octanol–water partition coefficient (Wildman–Crippen LogP) is 1.87. The number of methoxy groups -OCH3 is 1. The fourth-order valence-electron chi connectivity index (χ4n) is 0.878. The highest BCUT2D eigenvalue weighted by atomic mass is 32.1. The Kier molecular flexibility index (Phi) is 3.39. The molecule has 0 spiro atoms. The molecular formula is C8H13NOS. The Morgan fingerprint density at radius 2 is 2.45 bits per heavy atom. The van der Waals surface area contributed by atoms with Crippen LogP contribution in [-0.2, 0) is 6.54 Å². The highest BCUT2D eigenvalue weighted by molar-refractivity contribution is 7.10. The van der Waals surface area contributed by atoms with E-state index < -0.39 is 0 Å². The van der Waals surface area contributed by atoms with Crippen LogP contribution in [0.15, 0.2) is 11.4 Å². The van der Waals surface area contributed by atoms with Crippen molar-refractivity contribution in [3.8, 4) is 5.75 Å². The van der Waals surface area contributed by atoms with Gasteiger partial charge in [0.15, 0.2) is 0 Å². The Morgan fingerprint density at radius 3 is 3.09 bits per heavy atom. The number of nitrogens with one attached hydrogen (secondary N) is 1. The van der Waals surface area contributed by atoms with Crippen LogP contribution in [0.3, 0.4) is 0 Å². The van der Waals surface area contributed by atoms with Crippen LogP contribution in [0.25, 0.3) is 0 Å². The van der Waals surface area contributed by atoms with Crippen LogP contribution >= 0.6 is 11.3 Å². The van der Waals surface area contributed by atoms with E-state index in [9.17, 15) is 0 Å². The zero-order valence-electron chi connectivity index (χ0n) is 6.89. The van der Waals surface area contributed by atoms with Gasteiger partial charge in [-0.25, -0.2) is 0 Å². The van der Waals surface area contributed by atoms with E-state index in [2.05, 4.69) is 12.2 Å². The van der Waals surface area contributed by atoms with Gasteiger partial charge >= 0.3 is 0 Å². The fraction of sp³-hybridized carbons (Fsp3) is 0.500. The second kappa shape index (κ2) is 4.36. The van der Waals surface area contributed by atoms with Gasteiger partial charge in [-0.1, -0.05) is 6.92 Å². The maximum absolute atomic E-state index is 5.15. The molecule has 0 radical (unpaired) electrons. The van der Waals surface area contributed by atoms with Crippen LogP contribution in [0.5, 0.6) is 5.75 Å². The lowest BCUT2D eigenvalue weighted by Crippen LogP contribution is -2.10. The predicted molar refractivity (Wildman–Crippen MR) is 48.3 cm³/mol. The van der Waals surface area contributed by atoms with Gasteiger partial charge in [-0.15, -0.1) is 11.3 Å². The first kappa shape index (κ1) is 8.56. The van der Waals surface area contributed by atoms with E-state index in [0.29, 0.717) is 0 Å². The summed E-state index contributed by atoms with van der Waals surface area (Å²) in [5.74, 6) is 0.996. The molecule has 0 bridgehead atoms. The zero-order valence-corrected chi connectivity index (χ0v) is 7.70. The minimum atomic E-state index is 0.914. The van der Waals surface area contributed by atoms with Crippen LogP contribution in [0.1, 0.15) is 11.8 Å². The van der Waals surface area contributed by atoms with Gasteiger partial charge in [0, 0.05) is 6.54 Å². The summed E-state index contributed by atoms with van der Waals surface area (Å²) in [5, 5.41) is 5.30. The Labute approximate surface area is 71.2 Å². The molecule has 1 N–H and O–H groups in total. The Hall–Kier alpha value is -0.540. The molecule has 2 nitrogen and oxygen atoms in total. The molecule has 0 aliphatic heterocycles. The van der Waals surface area contributed by atoms with E-state index in [1.54, 1.807) is 18.4 Å². The molecule has 11 heavy (non-hydrogen) atoms. The smallest absolute Gasteiger partial charge is 0.134 e. The summed E-state index contributed by atoms with van der Waals surface area (Å²) in [4.78, 5) is 1.27. The molecule has 0 aliphatic rings. The molecule has 0 saturated carbocycles. The lowest BCUT2D eigenvalue weighted by Gasteiger charge is -2.01. The first-order chi connectivity index (χ1) is 5.38. The van der Waals surface area contributed by atoms with Gasteiger partial charge in [0.05, 0.1) is 12.0 Å². The Morgan fingerprint density at radius 1 is 1.64 bits per heavy atom. The van der Waals surface area contributed by atoms with Crippen molar-refractivity contribution in [1.82, 2.24) is 5.32 Å². The first-order valence-corrected chi connectivity index (χ1v) is 4.57. The van der Waals surface area contributed by atoms with E-state index in [0.717, 1.165) is 18.8 Å². The van der Waals surface area contributed by atoms with Gasteiger partial charge in [0.1, 0.15) is 5.75 Å². The van der Waals surface area contributed by atoms with E-state index in [4.69, 9.17) is 4.74 Å². The molecule has 0 saturated heterocycles. The largest absolute Gasteiger partial charge is 0.496 e. The van der Waals surface area contributed by atoms with Crippen LogP contribution in [0.4, 0.5) is 0 Å². The molecule has 1 aromatic rings. The van der Waals surface area contributed by atoms with Crippen LogP contribution < -0.4 is 10.1 Å². The van der Waals surface area contributed by atoms with E-state index in [-0.39, 0.29) is 0 Å². The van der Waals surface area contributed by atoms with Crippen molar-refractivity contribution in [1.29, 1.82) is 0 Å². The summed E-state index contributed by atoms with van der Waals surface area (Å²) in [6.45, 7) is 4.01.